The van der Waals surface area contributed by atoms with E-state index in [4.69, 9.17) is 0 Å². The predicted octanol–water partition coefficient (Wildman–Crippen LogP) is 5.17. The van der Waals surface area contributed by atoms with Gasteiger partial charge in [-0.3, -0.25) is 4.79 Å². The van der Waals surface area contributed by atoms with Gasteiger partial charge in [0, 0.05) is 17.6 Å². The highest BCUT2D eigenvalue weighted by molar-refractivity contribution is 5.95. The quantitative estimate of drug-likeness (QED) is 0.712. The molecule has 0 saturated heterocycles. The molecule has 0 aliphatic heterocycles. The number of nitrogens with zero attached hydrogens (tertiary/aromatic N) is 2. The third-order valence-corrected chi connectivity index (χ3v) is 6.82. The van der Waals surface area contributed by atoms with E-state index in [0.717, 1.165) is 38.5 Å². The van der Waals surface area contributed by atoms with Gasteiger partial charge in [-0.05, 0) is 82.9 Å². The number of carbonyl (C=O) groups excluding carboxylic acids is 1. The minimum Gasteiger partial charge on any atom is -0.376 e. The van der Waals surface area contributed by atoms with Crippen LogP contribution in [0.1, 0.15) is 75.2 Å². The van der Waals surface area contributed by atoms with Crippen LogP contribution in [0.25, 0.3) is 0 Å². The van der Waals surface area contributed by atoms with Gasteiger partial charge >= 0.3 is 6.18 Å². The molecule has 1 atom stereocenters. The number of aliphatic hydroxyl groups is 1. The average molecular weight is 422 g/mol. The lowest BCUT2D eigenvalue weighted by Gasteiger charge is -2.40. The summed E-state index contributed by atoms with van der Waals surface area (Å²) in [5.74, 6) is 0.137. The highest BCUT2D eigenvalue weighted by Gasteiger charge is 2.51. The summed E-state index contributed by atoms with van der Waals surface area (Å²) in [4.78, 5) is 15.1. The Balaban J connectivity index is 1.74. The second-order valence-electron chi connectivity index (χ2n) is 9.43. The van der Waals surface area contributed by atoms with E-state index in [9.17, 15) is 28.3 Å². The van der Waals surface area contributed by atoms with E-state index in [1.807, 2.05) is 18.7 Å². The van der Waals surface area contributed by atoms with Gasteiger partial charge in [0.1, 0.15) is 0 Å². The third kappa shape index (κ3) is 4.34. The van der Waals surface area contributed by atoms with Crippen molar-refractivity contribution in [3.05, 3.63) is 35.4 Å². The lowest BCUT2D eigenvalue weighted by atomic mass is 9.70. The van der Waals surface area contributed by atoms with Crippen molar-refractivity contribution in [3.63, 3.8) is 0 Å². The molecule has 4 nitrogen and oxygen atoms in total. The lowest BCUT2D eigenvalue weighted by Crippen LogP contribution is -2.45. The second kappa shape index (κ2) is 7.88. The van der Waals surface area contributed by atoms with Crippen molar-refractivity contribution in [2.24, 2.45) is 11.3 Å². The van der Waals surface area contributed by atoms with E-state index in [2.05, 4.69) is 6.07 Å². The predicted molar refractivity (Wildman–Crippen MR) is 106 cm³/mol. The van der Waals surface area contributed by atoms with Crippen LogP contribution in [-0.2, 0) is 5.60 Å². The Morgan fingerprint density at radius 1 is 1.00 bits per heavy atom. The van der Waals surface area contributed by atoms with Gasteiger partial charge in [0.05, 0.1) is 11.5 Å². The van der Waals surface area contributed by atoms with Gasteiger partial charge < -0.3 is 10.0 Å². The molecule has 0 heterocycles. The zero-order chi connectivity index (χ0) is 22.3. The van der Waals surface area contributed by atoms with Gasteiger partial charge in [0.2, 0.25) is 0 Å². The molecule has 0 spiro atoms. The van der Waals surface area contributed by atoms with E-state index < -0.39 is 11.8 Å². The molecule has 1 amide bonds. The summed E-state index contributed by atoms with van der Waals surface area (Å²) < 4.78 is 39.2. The van der Waals surface area contributed by atoms with Crippen LogP contribution in [0.4, 0.5) is 13.2 Å². The van der Waals surface area contributed by atoms with Crippen LogP contribution < -0.4 is 0 Å². The fourth-order valence-electron chi connectivity index (χ4n) is 4.40. The van der Waals surface area contributed by atoms with E-state index in [1.54, 1.807) is 0 Å². The summed E-state index contributed by atoms with van der Waals surface area (Å²) in [5, 5.41) is 19.2. The summed E-state index contributed by atoms with van der Waals surface area (Å²) in [6.07, 6.45) is 0.517. The van der Waals surface area contributed by atoms with E-state index in [1.165, 1.54) is 24.3 Å². The Morgan fingerprint density at radius 2 is 1.47 bits per heavy atom. The van der Waals surface area contributed by atoms with E-state index >= 15 is 0 Å². The Morgan fingerprint density at radius 3 is 1.87 bits per heavy atom. The summed E-state index contributed by atoms with van der Waals surface area (Å²) in [6.45, 7) is 4.62. The number of alkyl halides is 3. The first-order valence-electron chi connectivity index (χ1n) is 10.5. The normalized spacial score (nSPS) is 24.6. The van der Waals surface area contributed by atoms with Crippen molar-refractivity contribution >= 4 is 5.91 Å². The van der Waals surface area contributed by atoms with Crippen molar-refractivity contribution in [2.75, 3.05) is 0 Å². The first kappa shape index (κ1) is 22.6. The van der Waals surface area contributed by atoms with Gasteiger partial charge in [-0.15, -0.1) is 0 Å². The molecule has 1 N–H and O–H groups in total. The van der Waals surface area contributed by atoms with Gasteiger partial charge in [-0.1, -0.05) is 12.1 Å². The van der Waals surface area contributed by atoms with Gasteiger partial charge in [0.15, 0.2) is 5.60 Å². The molecular weight excluding hydrogens is 393 g/mol. The van der Waals surface area contributed by atoms with Crippen molar-refractivity contribution < 1.29 is 23.1 Å². The summed E-state index contributed by atoms with van der Waals surface area (Å²) >= 11 is 0. The van der Waals surface area contributed by atoms with Gasteiger partial charge in [0.25, 0.3) is 5.91 Å². The molecule has 2 saturated carbocycles. The van der Waals surface area contributed by atoms with Crippen LogP contribution in [0.5, 0.6) is 0 Å². The number of hydrogen-bond acceptors (Lipinski definition) is 3. The first-order valence-corrected chi connectivity index (χ1v) is 10.5. The standard InChI is InChI=1S/C23H29F3N2O2/c1-21(2,14-27)16-8-10-18(11-9-16)28(19-12-13-19)20(29)15-4-6-17(7-5-15)22(3,30)23(24,25)26/h4-7,16,18-19,30H,8-13H2,1-3H3/t16-,18-,22-/m0/s1. The molecule has 2 aliphatic rings. The van der Waals surface area contributed by atoms with Crippen molar-refractivity contribution in [3.8, 4) is 6.07 Å². The Labute approximate surface area is 175 Å². The minimum atomic E-state index is -4.80. The maximum atomic E-state index is 13.2. The van der Waals surface area contributed by atoms with Gasteiger partial charge in [-0.2, -0.15) is 18.4 Å². The molecular formula is C23H29F3N2O2. The molecule has 30 heavy (non-hydrogen) atoms. The highest BCUT2D eigenvalue weighted by atomic mass is 19.4. The van der Waals surface area contributed by atoms with Crippen LogP contribution in [0.3, 0.4) is 0 Å². The third-order valence-electron chi connectivity index (χ3n) is 6.82. The molecule has 0 unspecified atom stereocenters. The van der Waals surface area contributed by atoms with Crippen molar-refractivity contribution in [1.82, 2.24) is 4.90 Å². The molecule has 0 bridgehead atoms. The largest absolute Gasteiger partial charge is 0.421 e. The molecule has 2 fully saturated rings. The van der Waals surface area contributed by atoms with Crippen LogP contribution in [0, 0.1) is 22.7 Å². The first-order chi connectivity index (χ1) is 13.9. The molecule has 2 aliphatic carbocycles. The number of carbonyl (C=O) groups is 1. The maximum Gasteiger partial charge on any atom is 0.421 e. The van der Waals surface area contributed by atoms with Crippen molar-refractivity contribution in [1.29, 1.82) is 5.26 Å². The Hall–Kier alpha value is -2.07. The zero-order valence-corrected chi connectivity index (χ0v) is 17.7. The second-order valence-corrected chi connectivity index (χ2v) is 9.43. The molecule has 0 radical (unpaired) electrons. The van der Waals surface area contributed by atoms with Crippen LogP contribution >= 0.6 is 0 Å². The van der Waals surface area contributed by atoms with Gasteiger partial charge in [-0.25, -0.2) is 0 Å². The Kier molecular flexibility index (Phi) is 5.94. The highest BCUT2D eigenvalue weighted by Crippen LogP contribution is 2.42. The van der Waals surface area contributed by atoms with E-state index in [0.29, 0.717) is 18.4 Å². The summed E-state index contributed by atoms with van der Waals surface area (Å²) in [6, 6.07) is 7.76. The molecule has 164 valence electrons. The smallest absolute Gasteiger partial charge is 0.376 e. The number of rotatable bonds is 5. The SMILES string of the molecule is CC(C)(C#N)[C@H]1CC[C@H](N(C(=O)c2ccc([C@](C)(O)C(F)(F)F)cc2)C2CC2)CC1. The van der Waals surface area contributed by atoms with Crippen molar-refractivity contribution in [2.45, 2.75) is 83.2 Å². The summed E-state index contributed by atoms with van der Waals surface area (Å²) in [5.41, 5.74) is -3.30. The molecule has 0 aromatic heterocycles. The Bertz CT molecular complexity index is 812. The topological polar surface area (TPSA) is 64.3 Å². The van der Waals surface area contributed by atoms with E-state index in [-0.39, 0.29) is 29.0 Å². The van der Waals surface area contributed by atoms with Crippen LogP contribution in [-0.4, -0.2) is 34.2 Å². The molecule has 7 heteroatoms. The molecule has 1 aromatic rings. The van der Waals surface area contributed by atoms with Crippen LogP contribution in [0.2, 0.25) is 0 Å². The molecule has 1 aromatic carbocycles. The molecule has 3 rings (SSSR count). The monoisotopic (exact) mass is 422 g/mol. The fraction of sp³-hybridized carbons (Fsp3) is 0.652. The number of hydrogen-bond donors (Lipinski definition) is 1. The summed E-state index contributed by atoms with van der Waals surface area (Å²) in [7, 11) is 0. The lowest BCUT2D eigenvalue weighted by molar-refractivity contribution is -0.258. The average Bonchev–Trinajstić information content (AvgIpc) is 3.53. The number of amides is 1. The zero-order valence-electron chi connectivity index (χ0n) is 17.7. The number of halogens is 3. The fourth-order valence-corrected chi connectivity index (χ4v) is 4.40. The number of benzene rings is 1. The maximum absolute atomic E-state index is 13.2. The van der Waals surface area contributed by atoms with Crippen LogP contribution in [0.15, 0.2) is 24.3 Å². The minimum absolute atomic E-state index is 0.0914. The number of nitriles is 1.